The van der Waals surface area contributed by atoms with Gasteiger partial charge >= 0.3 is 0 Å². The van der Waals surface area contributed by atoms with Gasteiger partial charge in [-0.15, -0.1) is 10.2 Å². The lowest BCUT2D eigenvalue weighted by Gasteiger charge is -1.96. The maximum absolute atomic E-state index is 11.7. The van der Waals surface area contributed by atoms with Crippen LogP contribution in [-0.2, 0) is 11.2 Å². The van der Waals surface area contributed by atoms with E-state index in [0.29, 0.717) is 10.8 Å². The Morgan fingerprint density at radius 3 is 3.08 bits per heavy atom. The fourth-order valence-corrected chi connectivity index (χ4v) is 2.29. The minimum atomic E-state index is -0.498. The molecule has 11 nitrogen and oxygen atoms in total. The molecule has 3 aromatic rings. The Morgan fingerprint density at radius 1 is 1.42 bits per heavy atom. The highest BCUT2D eigenvalue weighted by Gasteiger charge is 2.13. The largest absolute Gasteiger partial charge is 0.463 e. The molecule has 0 atom stereocenters. The maximum Gasteiger partial charge on any atom is 0.294 e. The van der Waals surface area contributed by atoms with Crippen molar-refractivity contribution in [2.75, 3.05) is 5.32 Å². The van der Waals surface area contributed by atoms with Gasteiger partial charge in [-0.2, -0.15) is 10.2 Å². The average molecular weight is 346 g/mol. The zero-order valence-corrected chi connectivity index (χ0v) is 12.8. The van der Waals surface area contributed by atoms with Crippen molar-refractivity contribution in [2.24, 2.45) is 5.10 Å². The number of nitrogens with one attached hydrogen (secondary N) is 3. The summed E-state index contributed by atoms with van der Waals surface area (Å²) in [6.45, 7) is 0. The Bertz CT molecular complexity index is 840. The van der Waals surface area contributed by atoms with Gasteiger partial charge in [-0.3, -0.25) is 20.0 Å². The standard InChI is InChI=1S/C12H10N8O3S/c21-8(17-14-5-7-2-1-3-23-7)4-9-18-20-12(24-9)16-11(22)10-13-6-15-19-10/h1-3,5-6H,4H2,(H,17,21)(H,13,15,19)(H,16,20,22). The first-order chi connectivity index (χ1) is 11.7. The first-order valence-corrected chi connectivity index (χ1v) is 7.37. The first kappa shape index (κ1) is 15.5. The van der Waals surface area contributed by atoms with Crippen molar-refractivity contribution in [1.82, 2.24) is 30.8 Å². The van der Waals surface area contributed by atoms with Crippen molar-refractivity contribution in [2.45, 2.75) is 6.42 Å². The molecule has 3 rings (SSSR count). The lowest BCUT2D eigenvalue weighted by Crippen LogP contribution is -2.19. The number of amides is 2. The van der Waals surface area contributed by atoms with E-state index >= 15 is 0 Å². The third-order valence-electron chi connectivity index (χ3n) is 2.55. The van der Waals surface area contributed by atoms with Gasteiger partial charge in [0.25, 0.3) is 5.91 Å². The molecule has 0 spiro atoms. The Kier molecular flexibility index (Phi) is 4.67. The van der Waals surface area contributed by atoms with Gasteiger partial charge in [-0.25, -0.2) is 10.4 Å². The van der Waals surface area contributed by atoms with Gasteiger partial charge in [0.1, 0.15) is 17.1 Å². The molecule has 0 bridgehead atoms. The zero-order chi connectivity index (χ0) is 16.8. The molecule has 3 heterocycles. The lowest BCUT2D eigenvalue weighted by atomic mass is 10.4. The molecule has 0 aliphatic carbocycles. The number of hydrogen-bond donors (Lipinski definition) is 3. The van der Waals surface area contributed by atoms with Crippen LogP contribution in [0, 0.1) is 0 Å². The SMILES string of the molecule is O=C(Cc1nnc(NC(=O)c2ncn[nH]2)s1)NN=Cc1ccco1. The highest BCUT2D eigenvalue weighted by molar-refractivity contribution is 7.15. The number of aromatic nitrogens is 5. The van der Waals surface area contributed by atoms with Gasteiger partial charge in [0.05, 0.1) is 18.9 Å². The average Bonchev–Trinajstić information content (AvgIpc) is 3.30. The number of carbonyl (C=O) groups is 2. The highest BCUT2D eigenvalue weighted by atomic mass is 32.1. The summed E-state index contributed by atoms with van der Waals surface area (Å²) in [6, 6.07) is 3.41. The van der Waals surface area contributed by atoms with Crippen LogP contribution in [0.4, 0.5) is 5.13 Å². The second-order valence-electron chi connectivity index (χ2n) is 4.27. The molecule has 0 radical (unpaired) electrons. The Labute approximate surface area is 138 Å². The van der Waals surface area contributed by atoms with Gasteiger partial charge in [-0.1, -0.05) is 11.3 Å². The number of aromatic amines is 1. The summed E-state index contributed by atoms with van der Waals surface area (Å²) < 4.78 is 5.03. The van der Waals surface area contributed by atoms with Crippen molar-refractivity contribution in [3.8, 4) is 0 Å². The second-order valence-corrected chi connectivity index (χ2v) is 5.34. The molecule has 12 heteroatoms. The van der Waals surface area contributed by atoms with Crippen LogP contribution in [-0.4, -0.2) is 43.4 Å². The van der Waals surface area contributed by atoms with E-state index in [2.05, 4.69) is 41.2 Å². The summed E-state index contributed by atoms with van der Waals surface area (Å²) in [5.74, 6) is -0.301. The number of anilines is 1. The fraction of sp³-hybridized carbons (Fsp3) is 0.0833. The molecular formula is C12H10N8O3S. The Balaban J connectivity index is 1.50. The topological polar surface area (TPSA) is 151 Å². The van der Waals surface area contributed by atoms with Crippen LogP contribution in [0.5, 0.6) is 0 Å². The minimum absolute atomic E-state index is 0.0225. The third kappa shape index (κ3) is 4.07. The summed E-state index contributed by atoms with van der Waals surface area (Å²) in [5, 5.41) is 20.5. The number of carbonyl (C=O) groups excluding carboxylic acids is 2. The molecule has 3 aromatic heterocycles. The van der Waals surface area contributed by atoms with Crippen LogP contribution >= 0.6 is 11.3 Å². The maximum atomic E-state index is 11.7. The lowest BCUT2D eigenvalue weighted by molar-refractivity contribution is -0.120. The van der Waals surface area contributed by atoms with Gasteiger partial charge in [0, 0.05) is 0 Å². The molecule has 2 amide bonds. The van der Waals surface area contributed by atoms with E-state index in [1.165, 1.54) is 18.8 Å². The monoisotopic (exact) mass is 346 g/mol. The number of nitrogens with zero attached hydrogens (tertiary/aromatic N) is 5. The summed E-state index contributed by atoms with van der Waals surface area (Å²) in [7, 11) is 0. The van der Waals surface area contributed by atoms with Gasteiger partial charge < -0.3 is 4.42 Å². The van der Waals surface area contributed by atoms with E-state index in [1.54, 1.807) is 12.1 Å². The molecule has 0 saturated carbocycles. The second kappa shape index (κ2) is 7.23. The first-order valence-electron chi connectivity index (χ1n) is 6.55. The molecule has 0 aliphatic heterocycles. The molecule has 0 aliphatic rings. The van der Waals surface area contributed by atoms with Gasteiger partial charge in [0.2, 0.25) is 16.9 Å². The quantitative estimate of drug-likeness (QED) is 0.426. The smallest absolute Gasteiger partial charge is 0.294 e. The predicted molar refractivity (Wildman–Crippen MR) is 82.4 cm³/mol. The van der Waals surface area contributed by atoms with Crippen molar-refractivity contribution in [1.29, 1.82) is 0 Å². The van der Waals surface area contributed by atoms with E-state index < -0.39 is 5.91 Å². The van der Waals surface area contributed by atoms with Crippen LogP contribution in [0.3, 0.4) is 0 Å². The van der Waals surface area contributed by atoms with Crippen molar-refractivity contribution in [3.05, 3.63) is 41.3 Å². The van der Waals surface area contributed by atoms with Crippen LogP contribution < -0.4 is 10.7 Å². The van der Waals surface area contributed by atoms with Gasteiger partial charge in [-0.05, 0) is 12.1 Å². The molecule has 0 aromatic carbocycles. The van der Waals surface area contributed by atoms with Gasteiger partial charge in [0.15, 0.2) is 0 Å². The van der Waals surface area contributed by atoms with Crippen LogP contribution in [0.25, 0.3) is 0 Å². The normalized spacial score (nSPS) is 10.8. The molecule has 122 valence electrons. The van der Waals surface area contributed by atoms with Crippen LogP contribution in [0.2, 0.25) is 0 Å². The van der Waals surface area contributed by atoms with E-state index in [4.69, 9.17) is 4.42 Å². The molecule has 3 N–H and O–H groups in total. The minimum Gasteiger partial charge on any atom is -0.463 e. The fourth-order valence-electron chi connectivity index (χ4n) is 1.56. The van der Waals surface area contributed by atoms with E-state index in [9.17, 15) is 9.59 Å². The molecular weight excluding hydrogens is 336 g/mol. The highest BCUT2D eigenvalue weighted by Crippen LogP contribution is 2.16. The third-order valence-corrected chi connectivity index (χ3v) is 3.39. The molecule has 24 heavy (non-hydrogen) atoms. The number of H-pyrrole nitrogens is 1. The summed E-state index contributed by atoms with van der Waals surface area (Å²) in [4.78, 5) is 27.2. The van der Waals surface area contributed by atoms with E-state index in [0.717, 1.165) is 11.3 Å². The van der Waals surface area contributed by atoms with Crippen molar-refractivity contribution >= 4 is 34.5 Å². The predicted octanol–water partition coefficient (Wildman–Crippen LogP) is 0.194. The summed E-state index contributed by atoms with van der Waals surface area (Å²) >= 11 is 1.07. The Hall–Kier alpha value is -3.41. The number of hydrazone groups is 1. The summed E-state index contributed by atoms with van der Waals surface area (Å²) in [5.41, 5.74) is 2.34. The van der Waals surface area contributed by atoms with E-state index in [1.807, 2.05) is 0 Å². The Morgan fingerprint density at radius 2 is 2.33 bits per heavy atom. The number of hydrogen-bond acceptors (Lipinski definition) is 9. The summed E-state index contributed by atoms with van der Waals surface area (Å²) in [6.07, 6.45) is 4.07. The van der Waals surface area contributed by atoms with Crippen LogP contribution in [0.1, 0.15) is 21.4 Å². The van der Waals surface area contributed by atoms with E-state index in [-0.39, 0.29) is 23.3 Å². The molecule has 0 unspecified atom stereocenters. The van der Waals surface area contributed by atoms with Crippen molar-refractivity contribution in [3.63, 3.8) is 0 Å². The van der Waals surface area contributed by atoms with Crippen molar-refractivity contribution < 1.29 is 14.0 Å². The number of furan rings is 1. The molecule has 0 fully saturated rings. The zero-order valence-electron chi connectivity index (χ0n) is 12.0. The molecule has 0 saturated heterocycles. The van der Waals surface area contributed by atoms with Crippen LogP contribution in [0.15, 0.2) is 34.2 Å². The number of rotatable bonds is 6.